The molecule has 4 N–H and O–H groups in total. The highest BCUT2D eigenvalue weighted by molar-refractivity contribution is 5.74. The number of aryl methyl sites for hydroxylation is 2. The molecular formula is C16H22N4O3. The van der Waals surface area contributed by atoms with Crippen molar-refractivity contribution in [2.75, 3.05) is 6.54 Å². The lowest BCUT2D eigenvalue weighted by molar-refractivity contribution is 0.0358. The van der Waals surface area contributed by atoms with E-state index in [1.807, 2.05) is 13.1 Å². The Morgan fingerprint density at radius 2 is 2.39 bits per heavy atom. The standard InChI is InChI=1S/C16H22N4O3/c1-10-3-6-14(23-10)16(2,22)9-17-15(21)19-12-4-5-13-11(7-12)8-18-20-13/h3,6,8,12,22H,4-5,7,9H2,1-2H3,(H,18,20)(H2,17,19,21). The van der Waals surface area contributed by atoms with Crippen molar-refractivity contribution in [1.82, 2.24) is 20.8 Å². The summed E-state index contributed by atoms with van der Waals surface area (Å²) in [6.45, 7) is 3.51. The highest BCUT2D eigenvalue weighted by Gasteiger charge is 2.28. The molecule has 2 aromatic heterocycles. The van der Waals surface area contributed by atoms with E-state index >= 15 is 0 Å². The quantitative estimate of drug-likeness (QED) is 0.683. The van der Waals surface area contributed by atoms with Gasteiger partial charge in [-0.25, -0.2) is 4.79 Å². The molecule has 7 nitrogen and oxygen atoms in total. The van der Waals surface area contributed by atoms with Crippen LogP contribution in [-0.2, 0) is 18.4 Å². The predicted octanol–water partition coefficient (Wildman–Crippen LogP) is 1.38. The second kappa shape index (κ2) is 6.08. The molecule has 0 spiro atoms. The van der Waals surface area contributed by atoms with Crippen LogP contribution in [0.15, 0.2) is 22.7 Å². The Kier molecular flexibility index (Phi) is 4.12. The maximum Gasteiger partial charge on any atom is 0.315 e. The second-order valence-corrected chi connectivity index (χ2v) is 6.32. The number of urea groups is 1. The molecule has 0 saturated heterocycles. The number of aliphatic hydroxyl groups is 1. The van der Waals surface area contributed by atoms with Crippen LogP contribution in [0.25, 0.3) is 0 Å². The Morgan fingerprint density at radius 3 is 3.13 bits per heavy atom. The van der Waals surface area contributed by atoms with Gasteiger partial charge in [0.05, 0.1) is 12.7 Å². The number of fused-ring (bicyclic) bond motifs is 1. The van der Waals surface area contributed by atoms with E-state index in [0.717, 1.165) is 36.3 Å². The van der Waals surface area contributed by atoms with Crippen LogP contribution in [0.1, 0.15) is 36.1 Å². The van der Waals surface area contributed by atoms with Crippen molar-refractivity contribution in [3.8, 4) is 0 Å². The molecule has 0 saturated carbocycles. The fourth-order valence-corrected chi connectivity index (χ4v) is 2.84. The van der Waals surface area contributed by atoms with Crippen molar-refractivity contribution in [2.24, 2.45) is 0 Å². The Balaban J connectivity index is 1.50. The highest BCUT2D eigenvalue weighted by Crippen LogP contribution is 2.22. The topological polar surface area (TPSA) is 103 Å². The lowest BCUT2D eigenvalue weighted by Gasteiger charge is -2.25. The largest absolute Gasteiger partial charge is 0.463 e. The number of aromatic nitrogens is 2. The minimum atomic E-state index is -1.24. The van der Waals surface area contributed by atoms with Crippen LogP contribution >= 0.6 is 0 Å². The van der Waals surface area contributed by atoms with Gasteiger partial charge in [0.1, 0.15) is 17.1 Å². The van der Waals surface area contributed by atoms with Crippen molar-refractivity contribution < 1.29 is 14.3 Å². The summed E-state index contributed by atoms with van der Waals surface area (Å²) in [7, 11) is 0. The van der Waals surface area contributed by atoms with Crippen LogP contribution in [0.5, 0.6) is 0 Å². The summed E-state index contributed by atoms with van der Waals surface area (Å²) in [5.74, 6) is 1.17. The summed E-state index contributed by atoms with van der Waals surface area (Å²) >= 11 is 0. The number of rotatable bonds is 4. The van der Waals surface area contributed by atoms with E-state index < -0.39 is 5.60 Å². The first kappa shape index (κ1) is 15.6. The molecular weight excluding hydrogens is 296 g/mol. The van der Waals surface area contributed by atoms with Crippen LogP contribution in [-0.4, -0.2) is 33.9 Å². The minimum absolute atomic E-state index is 0.0788. The van der Waals surface area contributed by atoms with Crippen molar-refractivity contribution in [3.05, 3.63) is 41.1 Å². The van der Waals surface area contributed by atoms with Gasteiger partial charge in [0, 0.05) is 11.7 Å². The molecule has 2 unspecified atom stereocenters. The molecule has 2 atom stereocenters. The molecule has 2 heterocycles. The van der Waals surface area contributed by atoms with Gasteiger partial charge in [-0.3, -0.25) is 5.10 Å². The van der Waals surface area contributed by atoms with Gasteiger partial charge in [0.2, 0.25) is 0 Å². The van der Waals surface area contributed by atoms with Crippen LogP contribution in [0.4, 0.5) is 4.79 Å². The molecule has 0 bridgehead atoms. The summed E-state index contributed by atoms with van der Waals surface area (Å²) in [6.07, 6.45) is 4.33. The molecule has 0 fully saturated rings. The molecule has 7 heteroatoms. The number of nitrogens with zero attached hydrogens (tertiary/aromatic N) is 1. The lowest BCUT2D eigenvalue weighted by Crippen LogP contribution is -2.48. The molecule has 124 valence electrons. The van der Waals surface area contributed by atoms with Gasteiger partial charge >= 0.3 is 6.03 Å². The molecule has 2 aromatic rings. The molecule has 3 rings (SSSR count). The number of nitrogens with one attached hydrogen (secondary N) is 3. The monoisotopic (exact) mass is 318 g/mol. The Hall–Kier alpha value is -2.28. The highest BCUT2D eigenvalue weighted by atomic mass is 16.4. The molecule has 1 aliphatic carbocycles. The number of aromatic amines is 1. The van der Waals surface area contributed by atoms with Gasteiger partial charge in [0.15, 0.2) is 0 Å². The third kappa shape index (κ3) is 3.56. The normalized spacial score (nSPS) is 19.7. The SMILES string of the molecule is Cc1ccc(C(C)(O)CNC(=O)NC2CCc3[nH]ncc3C2)o1. The first-order valence-corrected chi connectivity index (χ1v) is 7.79. The fourth-order valence-electron chi connectivity index (χ4n) is 2.84. The molecule has 2 amide bonds. The minimum Gasteiger partial charge on any atom is -0.463 e. The number of amides is 2. The van der Waals surface area contributed by atoms with Crippen molar-refractivity contribution in [3.63, 3.8) is 0 Å². The van der Waals surface area contributed by atoms with E-state index in [2.05, 4.69) is 20.8 Å². The van der Waals surface area contributed by atoms with E-state index in [0.29, 0.717) is 5.76 Å². The Morgan fingerprint density at radius 1 is 1.57 bits per heavy atom. The summed E-state index contributed by atoms with van der Waals surface area (Å²) < 4.78 is 5.43. The second-order valence-electron chi connectivity index (χ2n) is 6.32. The molecule has 0 aliphatic heterocycles. The first-order valence-electron chi connectivity index (χ1n) is 7.79. The van der Waals surface area contributed by atoms with Crippen LogP contribution in [0, 0.1) is 6.92 Å². The fraction of sp³-hybridized carbons (Fsp3) is 0.500. The van der Waals surface area contributed by atoms with Crippen LogP contribution in [0.2, 0.25) is 0 Å². The van der Waals surface area contributed by atoms with E-state index in [1.165, 1.54) is 0 Å². The zero-order valence-corrected chi connectivity index (χ0v) is 13.3. The Labute approximate surface area is 134 Å². The zero-order chi connectivity index (χ0) is 16.4. The van der Waals surface area contributed by atoms with Gasteiger partial charge in [-0.2, -0.15) is 5.10 Å². The predicted molar refractivity (Wildman–Crippen MR) is 84.0 cm³/mol. The third-order valence-corrected chi connectivity index (χ3v) is 4.22. The van der Waals surface area contributed by atoms with E-state index in [9.17, 15) is 9.90 Å². The molecule has 1 aliphatic rings. The van der Waals surface area contributed by atoms with Gasteiger partial charge in [-0.15, -0.1) is 0 Å². The van der Waals surface area contributed by atoms with E-state index in [-0.39, 0.29) is 18.6 Å². The van der Waals surface area contributed by atoms with Crippen molar-refractivity contribution in [2.45, 2.75) is 44.8 Å². The third-order valence-electron chi connectivity index (χ3n) is 4.22. The Bertz CT molecular complexity index is 689. The maximum atomic E-state index is 12.1. The molecule has 0 aromatic carbocycles. The van der Waals surface area contributed by atoms with Gasteiger partial charge in [-0.05, 0) is 50.8 Å². The summed E-state index contributed by atoms with van der Waals surface area (Å²) in [5, 5.41) is 23.1. The number of hydrogen-bond acceptors (Lipinski definition) is 4. The van der Waals surface area contributed by atoms with E-state index in [1.54, 1.807) is 19.1 Å². The first-order chi connectivity index (χ1) is 10.9. The smallest absolute Gasteiger partial charge is 0.315 e. The average molecular weight is 318 g/mol. The summed E-state index contributed by atoms with van der Waals surface area (Å²) in [6, 6.07) is 3.30. The summed E-state index contributed by atoms with van der Waals surface area (Å²) in [5.41, 5.74) is 1.06. The number of carbonyl (C=O) groups excluding carboxylic acids is 1. The number of carbonyl (C=O) groups is 1. The maximum absolute atomic E-state index is 12.1. The lowest BCUT2D eigenvalue weighted by atomic mass is 9.94. The van der Waals surface area contributed by atoms with Crippen LogP contribution < -0.4 is 10.6 Å². The number of H-pyrrole nitrogens is 1. The molecule has 23 heavy (non-hydrogen) atoms. The number of hydrogen-bond donors (Lipinski definition) is 4. The average Bonchev–Trinajstić information content (AvgIpc) is 3.14. The molecule has 0 radical (unpaired) electrons. The van der Waals surface area contributed by atoms with Crippen molar-refractivity contribution in [1.29, 1.82) is 0 Å². The zero-order valence-electron chi connectivity index (χ0n) is 13.3. The van der Waals surface area contributed by atoms with Gasteiger partial charge < -0.3 is 20.2 Å². The van der Waals surface area contributed by atoms with Crippen LogP contribution in [0.3, 0.4) is 0 Å². The number of furan rings is 1. The van der Waals surface area contributed by atoms with Gasteiger partial charge in [-0.1, -0.05) is 0 Å². The van der Waals surface area contributed by atoms with E-state index in [4.69, 9.17) is 4.42 Å². The van der Waals surface area contributed by atoms with Gasteiger partial charge in [0.25, 0.3) is 0 Å². The van der Waals surface area contributed by atoms with Crippen molar-refractivity contribution >= 4 is 6.03 Å². The summed E-state index contributed by atoms with van der Waals surface area (Å²) in [4.78, 5) is 12.1.